The third-order valence-electron chi connectivity index (χ3n) is 5.81. The molecule has 1 aromatic heterocycles. The first-order valence-corrected chi connectivity index (χ1v) is 11.4. The van der Waals surface area contributed by atoms with Crippen molar-refractivity contribution in [3.8, 4) is 17.0 Å². The van der Waals surface area contributed by atoms with Crippen molar-refractivity contribution in [1.29, 1.82) is 0 Å². The summed E-state index contributed by atoms with van der Waals surface area (Å²) in [6.45, 7) is 4.05. The highest BCUT2D eigenvalue weighted by Crippen LogP contribution is 2.34. The molecule has 5 rings (SSSR count). The van der Waals surface area contributed by atoms with Crippen molar-refractivity contribution in [3.05, 3.63) is 102 Å². The summed E-state index contributed by atoms with van der Waals surface area (Å²) in [6, 6.07) is 23.5. The monoisotopic (exact) mass is 468 g/mol. The molecule has 1 amide bonds. The molecule has 4 aromatic rings. The average Bonchev–Trinajstić information content (AvgIpc) is 3.23. The van der Waals surface area contributed by atoms with E-state index in [1.165, 1.54) is 12.1 Å². The van der Waals surface area contributed by atoms with Crippen LogP contribution in [0.2, 0.25) is 0 Å². The topological polar surface area (TPSA) is 59.4 Å². The van der Waals surface area contributed by atoms with E-state index in [0.717, 1.165) is 22.6 Å². The molecule has 6 nitrogen and oxygen atoms in total. The van der Waals surface area contributed by atoms with E-state index in [-0.39, 0.29) is 18.3 Å². The number of halogens is 1. The van der Waals surface area contributed by atoms with Gasteiger partial charge in [-0.1, -0.05) is 35.9 Å². The van der Waals surface area contributed by atoms with Crippen molar-refractivity contribution in [2.24, 2.45) is 0 Å². The number of aromatic nitrogens is 2. The summed E-state index contributed by atoms with van der Waals surface area (Å²) < 4.78 is 21.3. The average molecular weight is 469 g/mol. The van der Waals surface area contributed by atoms with Gasteiger partial charge in [0.25, 0.3) is 5.91 Å². The zero-order chi connectivity index (χ0) is 24.4. The minimum Gasteiger partial charge on any atom is -0.481 e. The Bertz CT molecular complexity index is 1360. The SMILES string of the molecule is Cc1ccc(Nc2c(-c3ccc(F)cc3)nc3n2C=CN(C(=O)C(C)Oc2ccccc2)C3)cc1. The number of hydrogen-bond donors (Lipinski definition) is 1. The van der Waals surface area contributed by atoms with Crippen molar-refractivity contribution < 1.29 is 13.9 Å². The molecule has 0 radical (unpaired) electrons. The predicted octanol–water partition coefficient (Wildman–Crippen LogP) is 5.98. The third kappa shape index (κ3) is 4.80. The molecule has 0 bridgehead atoms. The van der Waals surface area contributed by atoms with Gasteiger partial charge in [0.15, 0.2) is 6.10 Å². The number of rotatable bonds is 6. The van der Waals surface area contributed by atoms with Crippen molar-refractivity contribution in [1.82, 2.24) is 14.5 Å². The molecule has 1 atom stereocenters. The number of anilines is 2. The van der Waals surface area contributed by atoms with Crippen LogP contribution in [0.5, 0.6) is 5.75 Å². The minimum atomic E-state index is -0.662. The number of para-hydroxylation sites is 1. The fraction of sp³-hybridized carbons (Fsp3) is 0.143. The van der Waals surface area contributed by atoms with Crippen molar-refractivity contribution in [3.63, 3.8) is 0 Å². The Morgan fingerprint density at radius 2 is 1.71 bits per heavy atom. The summed E-state index contributed by atoms with van der Waals surface area (Å²) in [6.07, 6.45) is 2.88. The Balaban J connectivity index is 1.44. The fourth-order valence-electron chi connectivity index (χ4n) is 3.94. The molecule has 0 aliphatic carbocycles. The zero-order valence-corrected chi connectivity index (χ0v) is 19.5. The van der Waals surface area contributed by atoms with Crippen LogP contribution >= 0.6 is 0 Å². The van der Waals surface area contributed by atoms with Crippen LogP contribution < -0.4 is 10.1 Å². The molecular weight excluding hydrogens is 443 g/mol. The lowest BCUT2D eigenvalue weighted by Gasteiger charge is -2.25. The summed E-state index contributed by atoms with van der Waals surface area (Å²) in [7, 11) is 0. The molecule has 2 heterocycles. The van der Waals surface area contributed by atoms with Gasteiger partial charge in [0.05, 0.1) is 6.54 Å². The van der Waals surface area contributed by atoms with Crippen molar-refractivity contribution in [2.45, 2.75) is 26.5 Å². The maximum atomic E-state index is 13.6. The van der Waals surface area contributed by atoms with Gasteiger partial charge in [-0.2, -0.15) is 0 Å². The Hall–Kier alpha value is -4.39. The third-order valence-corrected chi connectivity index (χ3v) is 5.81. The first kappa shape index (κ1) is 22.4. The van der Waals surface area contributed by atoms with Gasteiger partial charge in [0.1, 0.15) is 28.9 Å². The lowest BCUT2D eigenvalue weighted by molar-refractivity contribution is -0.135. The fourth-order valence-corrected chi connectivity index (χ4v) is 3.94. The summed E-state index contributed by atoms with van der Waals surface area (Å²) in [5, 5.41) is 3.45. The van der Waals surface area contributed by atoms with Crippen LogP contribution in [0.15, 0.2) is 85.1 Å². The first-order chi connectivity index (χ1) is 17.0. The number of carbonyl (C=O) groups excluding carboxylic acids is 1. The van der Waals surface area contributed by atoms with Gasteiger partial charge in [-0.05, 0) is 62.4 Å². The van der Waals surface area contributed by atoms with Crippen LogP contribution in [-0.2, 0) is 11.3 Å². The Morgan fingerprint density at radius 1 is 1.00 bits per heavy atom. The number of ether oxygens (including phenoxy) is 1. The molecule has 0 spiro atoms. The standard InChI is InChI=1S/C28H25FN4O2/c1-19-8-14-23(15-9-19)30-27-26(21-10-12-22(29)13-11-21)31-25-18-32(16-17-33(25)27)28(34)20(2)35-24-6-4-3-5-7-24/h3-17,20,30H,18H2,1-2H3. The molecule has 35 heavy (non-hydrogen) atoms. The van der Waals surface area contributed by atoms with Gasteiger partial charge < -0.3 is 15.0 Å². The number of fused-ring (bicyclic) bond motifs is 1. The second kappa shape index (κ2) is 9.46. The number of nitrogens with zero attached hydrogens (tertiary/aromatic N) is 3. The van der Waals surface area contributed by atoms with Gasteiger partial charge in [-0.3, -0.25) is 9.36 Å². The molecule has 1 unspecified atom stereocenters. The van der Waals surface area contributed by atoms with Gasteiger partial charge in [0.2, 0.25) is 0 Å². The first-order valence-electron chi connectivity index (χ1n) is 11.4. The lowest BCUT2D eigenvalue weighted by atomic mass is 10.1. The van der Waals surface area contributed by atoms with E-state index in [1.807, 2.05) is 72.3 Å². The zero-order valence-electron chi connectivity index (χ0n) is 19.5. The van der Waals surface area contributed by atoms with Gasteiger partial charge in [-0.25, -0.2) is 9.37 Å². The van der Waals surface area contributed by atoms with Crippen LogP contribution in [0.4, 0.5) is 15.9 Å². The van der Waals surface area contributed by atoms with Gasteiger partial charge in [-0.15, -0.1) is 0 Å². The molecule has 1 N–H and O–H groups in total. The van der Waals surface area contributed by atoms with E-state index < -0.39 is 6.10 Å². The van der Waals surface area contributed by atoms with Crippen LogP contribution in [0.3, 0.4) is 0 Å². The Morgan fingerprint density at radius 3 is 2.43 bits per heavy atom. The minimum absolute atomic E-state index is 0.171. The lowest BCUT2D eigenvalue weighted by Crippen LogP contribution is -2.38. The molecule has 0 saturated carbocycles. The maximum Gasteiger partial charge on any atom is 0.267 e. The summed E-state index contributed by atoms with van der Waals surface area (Å²) in [5.74, 6) is 1.58. The highest BCUT2D eigenvalue weighted by molar-refractivity contribution is 5.83. The second-order valence-electron chi connectivity index (χ2n) is 8.43. The van der Waals surface area contributed by atoms with Crippen molar-refractivity contribution in [2.75, 3.05) is 5.32 Å². The largest absolute Gasteiger partial charge is 0.481 e. The second-order valence-corrected chi connectivity index (χ2v) is 8.43. The normalized spacial score (nSPS) is 13.3. The number of aryl methyl sites for hydroxylation is 1. The summed E-state index contributed by atoms with van der Waals surface area (Å²) >= 11 is 0. The maximum absolute atomic E-state index is 13.6. The molecule has 1 aliphatic rings. The van der Waals surface area contributed by atoms with Crippen LogP contribution in [0, 0.1) is 12.7 Å². The predicted molar refractivity (Wildman–Crippen MR) is 134 cm³/mol. The highest BCUT2D eigenvalue weighted by Gasteiger charge is 2.27. The molecule has 0 fully saturated rings. The van der Waals surface area contributed by atoms with Crippen LogP contribution in [0.25, 0.3) is 17.5 Å². The molecule has 3 aromatic carbocycles. The molecule has 1 aliphatic heterocycles. The number of hydrogen-bond acceptors (Lipinski definition) is 4. The van der Waals surface area contributed by atoms with Crippen LogP contribution in [0.1, 0.15) is 18.3 Å². The molecular formula is C28H25FN4O2. The van der Waals surface area contributed by atoms with E-state index >= 15 is 0 Å². The number of carbonyl (C=O) groups is 1. The molecule has 7 heteroatoms. The quantitative estimate of drug-likeness (QED) is 0.378. The van der Waals surface area contributed by atoms with E-state index in [0.29, 0.717) is 17.3 Å². The highest BCUT2D eigenvalue weighted by atomic mass is 19.1. The van der Waals surface area contributed by atoms with E-state index in [9.17, 15) is 9.18 Å². The van der Waals surface area contributed by atoms with Crippen LogP contribution in [-0.4, -0.2) is 26.5 Å². The Kier molecular flexibility index (Phi) is 6.06. The summed E-state index contributed by atoms with van der Waals surface area (Å²) in [5.41, 5.74) is 3.51. The molecule has 0 saturated heterocycles. The van der Waals surface area contributed by atoms with Gasteiger partial charge >= 0.3 is 0 Å². The number of benzene rings is 3. The van der Waals surface area contributed by atoms with Gasteiger partial charge in [0, 0.05) is 23.7 Å². The smallest absolute Gasteiger partial charge is 0.267 e. The van der Waals surface area contributed by atoms with Crippen molar-refractivity contribution >= 4 is 23.6 Å². The van der Waals surface area contributed by atoms with E-state index in [4.69, 9.17) is 9.72 Å². The van der Waals surface area contributed by atoms with E-state index in [2.05, 4.69) is 5.32 Å². The molecule has 176 valence electrons. The summed E-state index contributed by atoms with van der Waals surface area (Å²) in [4.78, 5) is 19.5. The van der Waals surface area contributed by atoms with E-state index in [1.54, 1.807) is 30.2 Å². The Labute approximate surface area is 203 Å². The number of amides is 1. The number of imidazole rings is 1. The number of nitrogens with one attached hydrogen (secondary N) is 1.